The zero-order chi connectivity index (χ0) is 13.9. The summed E-state index contributed by atoms with van der Waals surface area (Å²) in [4.78, 5) is 4.39. The molecule has 1 aliphatic carbocycles. The van der Waals surface area contributed by atoms with Gasteiger partial charge in [0.15, 0.2) is 0 Å². The van der Waals surface area contributed by atoms with Crippen LogP contribution in [0.15, 0.2) is 16.7 Å². The Bertz CT molecular complexity index is 437. The molecule has 0 aromatic carbocycles. The summed E-state index contributed by atoms with van der Waals surface area (Å²) in [5, 5.41) is 4.26. The molecule has 1 aromatic rings. The number of rotatable bonds is 7. The first kappa shape index (κ1) is 15.2. The van der Waals surface area contributed by atoms with Crippen molar-refractivity contribution < 1.29 is 4.74 Å². The summed E-state index contributed by atoms with van der Waals surface area (Å²) >= 11 is 9.59. The molecule has 0 unspecified atom stereocenters. The average Bonchev–Trinajstić information content (AvgIpc) is 3.14. The molecule has 0 saturated heterocycles. The number of nitrogens with zero attached hydrogens (tertiary/aromatic N) is 1. The van der Waals surface area contributed by atoms with Gasteiger partial charge in [-0.25, -0.2) is 0 Å². The maximum Gasteiger partial charge on any atom is 0.0756 e. The number of hydrogen-bond acceptors (Lipinski definition) is 3. The third-order valence-corrected chi connectivity index (χ3v) is 4.56. The van der Waals surface area contributed by atoms with E-state index >= 15 is 0 Å². The van der Waals surface area contributed by atoms with Gasteiger partial charge in [-0.15, -0.1) is 0 Å². The molecule has 0 spiro atoms. The van der Waals surface area contributed by atoms with Gasteiger partial charge < -0.3 is 10.1 Å². The van der Waals surface area contributed by atoms with Crippen LogP contribution in [0.2, 0.25) is 5.02 Å². The third kappa shape index (κ3) is 4.15. The number of nitrogens with one attached hydrogen (secondary N) is 1. The lowest BCUT2D eigenvalue weighted by atomic mass is 10.0. The number of methoxy groups -OCH3 is 1. The van der Waals surface area contributed by atoms with E-state index in [9.17, 15) is 0 Å². The first-order valence-electron chi connectivity index (χ1n) is 6.60. The van der Waals surface area contributed by atoms with Crippen LogP contribution < -0.4 is 5.32 Å². The molecule has 0 aliphatic heterocycles. The van der Waals surface area contributed by atoms with Gasteiger partial charge in [0.25, 0.3) is 0 Å². The van der Waals surface area contributed by atoms with Crippen LogP contribution in [0.3, 0.4) is 0 Å². The predicted molar refractivity (Wildman–Crippen MR) is 81.5 cm³/mol. The van der Waals surface area contributed by atoms with Gasteiger partial charge in [-0.05, 0) is 53.6 Å². The van der Waals surface area contributed by atoms with Gasteiger partial charge in [-0.2, -0.15) is 0 Å². The van der Waals surface area contributed by atoms with Crippen LogP contribution in [0.5, 0.6) is 0 Å². The summed E-state index contributed by atoms with van der Waals surface area (Å²) in [5.74, 6) is 0. The Hall–Kier alpha value is -0.160. The molecule has 2 rings (SSSR count). The number of halogens is 2. The van der Waals surface area contributed by atoms with Crippen LogP contribution in [-0.4, -0.2) is 25.2 Å². The Morgan fingerprint density at radius 2 is 2.32 bits per heavy atom. The fourth-order valence-corrected chi connectivity index (χ4v) is 3.01. The van der Waals surface area contributed by atoms with Gasteiger partial charge in [0.2, 0.25) is 0 Å². The number of pyridine rings is 1. The molecule has 1 aromatic heterocycles. The van der Waals surface area contributed by atoms with Crippen LogP contribution >= 0.6 is 27.5 Å². The Balaban J connectivity index is 1.89. The van der Waals surface area contributed by atoms with Crippen molar-refractivity contribution in [3.8, 4) is 0 Å². The molecule has 0 radical (unpaired) electrons. The zero-order valence-electron chi connectivity index (χ0n) is 11.4. The molecule has 1 heterocycles. The maximum atomic E-state index is 6.22. The van der Waals surface area contributed by atoms with E-state index in [0.717, 1.165) is 29.7 Å². The molecule has 0 bridgehead atoms. The van der Waals surface area contributed by atoms with E-state index in [0.29, 0.717) is 10.4 Å². The van der Waals surface area contributed by atoms with Crippen LogP contribution in [0.4, 0.5) is 0 Å². The van der Waals surface area contributed by atoms with Gasteiger partial charge in [0.05, 0.1) is 10.7 Å². The van der Waals surface area contributed by atoms with E-state index in [1.54, 1.807) is 13.3 Å². The van der Waals surface area contributed by atoms with Crippen molar-refractivity contribution >= 4 is 27.5 Å². The first-order chi connectivity index (χ1) is 9.06. The van der Waals surface area contributed by atoms with Crippen molar-refractivity contribution in [2.24, 2.45) is 5.41 Å². The van der Waals surface area contributed by atoms with E-state index in [1.807, 2.05) is 6.07 Å². The summed E-state index contributed by atoms with van der Waals surface area (Å²) in [7, 11) is 1.76. The van der Waals surface area contributed by atoms with E-state index < -0.39 is 0 Å². The lowest BCUT2D eigenvalue weighted by molar-refractivity contribution is 0.170. The minimum absolute atomic E-state index is 0.167. The Kier molecular flexibility index (Phi) is 5.23. The van der Waals surface area contributed by atoms with E-state index in [4.69, 9.17) is 16.3 Å². The molecule has 1 saturated carbocycles. The van der Waals surface area contributed by atoms with Crippen molar-refractivity contribution in [3.05, 3.63) is 27.5 Å². The fourth-order valence-electron chi connectivity index (χ4n) is 2.22. The molecule has 0 amide bonds. The molecule has 19 heavy (non-hydrogen) atoms. The van der Waals surface area contributed by atoms with Crippen molar-refractivity contribution in [1.82, 2.24) is 10.3 Å². The predicted octanol–water partition coefficient (Wildman–Crippen LogP) is 3.96. The van der Waals surface area contributed by atoms with Gasteiger partial charge in [0, 0.05) is 37.0 Å². The summed E-state index contributed by atoms with van der Waals surface area (Å²) < 4.78 is 6.08. The molecule has 1 fully saturated rings. The van der Waals surface area contributed by atoms with Crippen LogP contribution in [0.1, 0.15) is 37.9 Å². The Morgan fingerprint density at radius 1 is 1.58 bits per heavy atom. The SMILES string of the molecule is COCCC1(CN[C@@H](C)c2ncc(Br)cc2Cl)CC1. The smallest absolute Gasteiger partial charge is 0.0756 e. The fraction of sp³-hybridized carbons (Fsp3) is 0.643. The van der Waals surface area contributed by atoms with Crippen LogP contribution in [0.25, 0.3) is 0 Å². The van der Waals surface area contributed by atoms with Gasteiger partial charge in [-0.3, -0.25) is 4.98 Å². The molecular formula is C14H20BrClN2O. The normalized spacial score (nSPS) is 18.3. The second kappa shape index (κ2) is 6.53. The molecule has 1 N–H and O–H groups in total. The zero-order valence-corrected chi connectivity index (χ0v) is 13.7. The van der Waals surface area contributed by atoms with Crippen molar-refractivity contribution in [2.45, 2.75) is 32.2 Å². The maximum absolute atomic E-state index is 6.22. The highest BCUT2D eigenvalue weighted by molar-refractivity contribution is 9.10. The lowest BCUT2D eigenvalue weighted by Gasteiger charge is -2.20. The van der Waals surface area contributed by atoms with Crippen molar-refractivity contribution in [2.75, 3.05) is 20.3 Å². The quantitative estimate of drug-likeness (QED) is 0.810. The minimum atomic E-state index is 0.167. The molecule has 3 nitrogen and oxygen atoms in total. The minimum Gasteiger partial charge on any atom is -0.385 e. The number of aromatic nitrogens is 1. The highest BCUT2D eigenvalue weighted by Crippen LogP contribution is 2.48. The van der Waals surface area contributed by atoms with Gasteiger partial charge >= 0.3 is 0 Å². The monoisotopic (exact) mass is 346 g/mol. The molecule has 106 valence electrons. The standard InChI is InChI=1S/C14H20BrClN2O/c1-10(13-12(16)7-11(15)8-17-13)18-9-14(3-4-14)5-6-19-2/h7-8,10,18H,3-6,9H2,1-2H3/t10-/m0/s1. The van der Waals surface area contributed by atoms with E-state index in [1.165, 1.54) is 12.8 Å². The summed E-state index contributed by atoms with van der Waals surface area (Å²) in [6.07, 6.45) is 5.50. The van der Waals surface area contributed by atoms with Crippen molar-refractivity contribution in [3.63, 3.8) is 0 Å². The number of ether oxygens (including phenoxy) is 1. The third-order valence-electron chi connectivity index (χ3n) is 3.82. The average molecular weight is 348 g/mol. The van der Waals surface area contributed by atoms with Crippen molar-refractivity contribution in [1.29, 1.82) is 0 Å². The molecule has 1 atom stereocenters. The Morgan fingerprint density at radius 3 is 2.89 bits per heavy atom. The van der Waals surface area contributed by atoms with E-state index in [2.05, 4.69) is 33.2 Å². The van der Waals surface area contributed by atoms with Crippen LogP contribution in [-0.2, 0) is 4.74 Å². The summed E-state index contributed by atoms with van der Waals surface area (Å²) in [5.41, 5.74) is 1.35. The molecule has 1 aliphatic rings. The highest BCUT2D eigenvalue weighted by Gasteiger charge is 2.41. The van der Waals surface area contributed by atoms with Crippen LogP contribution in [0, 0.1) is 5.41 Å². The topological polar surface area (TPSA) is 34.1 Å². The Labute approximate surface area is 128 Å². The number of hydrogen-bond donors (Lipinski definition) is 1. The second-order valence-electron chi connectivity index (χ2n) is 5.37. The van der Waals surface area contributed by atoms with Gasteiger partial charge in [-0.1, -0.05) is 11.6 Å². The first-order valence-corrected chi connectivity index (χ1v) is 7.77. The second-order valence-corrected chi connectivity index (χ2v) is 6.69. The highest BCUT2D eigenvalue weighted by atomic mass is 79.9. The molecule has 5 heteroatoms. The molecular weight excluding hydrogens is 328 g/mol. The largest absolute Gasteiger partial charge is 0.385 e. The van der Waals surface area contributed by atoms with E-state index in [-0.39, 0.29) is 6.04 Å². The summed E-state index contributed by atoms with van der Waals surface area (Å²) in [6.45, 7) is 3.95. The summed E-state index contributed by atoms with van der Waals surface area (Å²) in [6, 6.07) is 2.06. The lowest BCUT2D eigenvalue weighted by Crippen LogP contribution is -2.28. The van der Waals surface area contributed by atoms with Gasteiger partial charge in [0.1, 0.15) is 0 Å².